The van der Waals surface area contributed by atoms with E-state index in [0.29, 0.717) is 18.2 Å². The minimum absolute atomic E-state index is 0.420. The summed E-state index contributed by atoms with van der Waals surface area (Å²) in [6, 6.07) is 3.59. The molecule has 0 saturated heterocycles. The Hall–Kier alpha value is -2.01. The normalized spacial score (nSPS) is 10.5. The van der Waals surface area contributed by atoms with Crippen molar-refractivity contribution in [3.63, 3.8) is 0 Å². The van der Waals surface area contributed by atoms with Gasteiger partial charge in [0.1, 0.15) is 5.82 Å². The fraction of sp³-hybridized carbons (Fsp3) is 0.250. The molecule has 2 heterocycles. The second-order valence-corrected chi connectivity index (χ2v) is 3.73. The summed E-state index contributed by atoms with van der Waals surface area (Å²) in [5.41, 5.74) is 8.47. The van der Waals surface area contributed by atoms with Crippen LogP contribution < -0.4 is 5.73 Å². The summed E-state index contributed by atoms with van der Waals surface area (Å²) in [5.74, 6) is 1.05. The highest BCUT2D eigenvalue weighted by atomic mass is 16.5. The maximum Gasteiger partial charge on any atom is 0.162 e. The van der Waals surface area contributed by atoms with Crippen molar-refractivity contribution in [2.24, 2.45) is 0 Å². The Balaban J connectivity index is 2.48. The van der Waals surface area contributed by atoms with Crippen molar-refractivity contribution in [1.82, 2.24) is 15.0 Å². The number of hydrogen-bond acceptors (Lipinski definition) is 5. The number of aryl methyl sites for hydroxylation is 1. The van der Waals surface area contributed by atoms with Crippen molar-refractivity contribution < 1.29 is 4.74 Å². The van der Waals surface area contributed by atoms with Crippen LogP contribution in [-0.2, 0) is 11.3 Å². The molecule has 0 bridgehead atoms. The summed E-state index contributed by atoms with van der Waals surface area (Å²) < 4.78 is 5.05. The highest BCUT2D eigenvalue weighted by Crippen LogP contribution is 2.19. The number of methoxy groups -OCH3 is 1. The third-order valence-corrected chi connectivity index (χ3v) is 2.35. The first kappa shape index (κ1) is 11.5. The van der Waals surface area contributed by atoms with Gasteiger partial charge < -0.3 is 10.5 Å². The van der Waals surface area contributed by atoms with Crippen LogP contribution in [0.4, 0.5) is 5.82 Å². The van der Waals surface area contributed by atoms with Crippen molar-refractivity contribution in [3.8, 4) is 11.4 Å². The zero-order valence-electron chi connectivity index (χ0n) is 9.84. The van der Waals surface area contributed by atoms with Gasteiger partial charge in [-0.1, -0.05) is 0 Å². The van der Waals surface area contributed by atoms with Crippen molar-refractivity contribution in [1.29, 1.82) is 0 Å². The summed E-state index contributed by atoms with van der Waals surface area (Å²) in [6.45, 7) is 2.38. The van der Waals surface area contributed by atoms with Gasteiger partial charge >= 0.3 is 0 Å². The SMILES string of the molecule is COCc1cc(N)nc(-c2ccncc2C)n1. The van der Waals surface area contributed by atoms with Crippen LogP contribution in [0.15, 0.2) is 24.5 Å². The molecule has 0 aliphatic heterocycles. The van der Waals surface area contributed by atoms with E-state index in [1.165, 1.54) is 0 Å². The number of nitrogens with zero attached hydrogens (tertiary/aromatic N) is 3. The molecule has 2 aromatic rings. The van der Waals surface area contributed by atoms with Crippen LogP contribution in [0.3, 0.4) is 0 Å². The number of nitrogens with two attached hydrogens (primary N) is 1. The number of nitrogen functional groups attached to an aromatic ring is 1. The minimum atomic E-state index is 0.420. The Morgan fingerprint density at radius 2 is 2.18 bits per heavy atom. The van der Waals surface area contributed by atoms with Crippen LogP contribution in [0.25, 0.3) is 11.4 Å². The number of ether oxygens (including phenoxy) is 1. The third-order valence-electron chi connectivity index (χ3n) is 2.35. The molecular weight excluding hydrogens is 216 g/mol. The van der Waals surface area contributed by atoms with Crippen LogP contribution in [0.1, 0.15) is 11.3 Å². The lowest BCUT2D eigenvalue weighted by atomic mass is 10.1. The van der Waals surface area contributed by atoms with E-state index in [1.54, 1.807) is 25.6 Å². The molecule has 2 rings (SSSR count). The Kier molecular flexibility index (Phi) is 3.30. The monoisotopic (exact) mass is 230 g/mol. The Morgan fingerprint density at radius 1 is 1.35 bits per heavy atom. The summed E-state index contributed by atoms with van der Waals surface area (Å²) >= 11 is 0. The zero-order chi connectivity index (χ0) is 12.3. The predicted octanol–water partition coefficient (Wildman–Crippen LogP) is 1.58. The van der Waals surface area contributed by atoms with Gasteiger partial charge in [0.25, 0.3) is 0 Å². The molecule has 0 radical (unpaired) electrons. The fourth-order valence-corrected chi connectivity index (χ4v) is 1.59. The minimum Gasteiger partial charge on any atom is -0.384 e. The highest BCUT2D eigenvalue weighted by molar-refractivity contribution is 5.60. The molecule has 88 valence electrons. The zero-order valence-corrected chi connectivity index (χ0v) is 9.84. The lowest BCUT2D eigenvalue weighted by molar-refractivity contribution is 0.181. The lowest BCUT2D eigenvalue weighted by Gasteiger charge is -2.07. The average molecular weight is 230 g/mol. The van der Waals surface area contributed by atoms with Gasteiger partial charge in [0.2, 0.25) is 0 Å². The molecule has 0 spiro atoms. The maximum atomic E-state index is 5.75. The van der Waals surface area contributed by atoms with Gasteiger partial charge in [-0.25, -0.2) is 9.97 Å². The molecular formula is C12H14N4O. The number of hydrogen-bond donors (Lipinski definition) is 1. The molecule has 0 atom stereocenters. The highest BCUT2D eigenvalue weighted by Gasteiger charge is 2.07. The molecule has 0 aliphatic rings. The largest absolute Gasteiger partial charge is 0.384 e. The standard InChI is InChI=1S/C12H14N4O/c1-8-6-14-4-3-10(8)12-15-9(7-17-2)5-11(13)16-12/h3-6H,7H2,1-2H3,(H2,13,15,16). The molecule has 2 aromatic heterocycles. The second-order valence-electron chi connectivity index (χ2n) is 3.73. The number of rotatable bonds is 3. The average Bonchev–Trinajstić information content (AvgIpc) is 2.29. The van der Waals surface area contributed by atoms with E-state index in [9.17, 15) is 0 Å². The molecule has 0 amide bonds. The van der Waals surface area contributed by atoms with Gasteiger partial charge in [-0.15, -0.1) is 0 Å². The molecule has 0 unspecified atom stereocenters. The van der Waals surface area contributed by atoms with Gasteiger partial charge in [-0.2, -0.15) is 0 Å². The molecule has 0 aliphatic carbocycles. The smallest absolute Gasteiger partial charge is 0.162 e. The van der Waals surface area contributed by atoms with E-state index in [-0.39, 0.29) is 0 Å². The maximum absolute atomic E-state index is 5.75. The van der Waals surface area contributed by atoms with E-state index >= 15 is 0 Å². The van der Waals surface area contributed by atoms with E-state index < -0.39 is 0 Å². The first-order chi connectivity index (χ1) is 8.20. The van der Waals surface area contributed by atoms with E-state index in [1.807, 2.05) is 13.0 Å². The molecule has 0 fully saturated rings. The van der Waals surface area contributed by atoms with Crippen molar-refractivity contribution in [2.75, 3.05) is 12.8 Å². The summed E-state index contributed by atoms with van der Waals surface area (Å²) in [5, 5.41) is 0. The molecule has 5 nitrogen and oxygen atoms in total. The Morgan fingerprint density at radius 3 is 2.88 bits per heavy atom. The molecule has 2 N–H and O–H groups in total. The summed E-state index contributed by atoms with van der Waals surface area (Å²) in [4.78, 5) is 12.7. The van der Waals surface area contributed by atoms with E-state index in [2.05, 4.69) is 15.0 Å². The first-order valence-electron chi connectivity index (χ1n) is 5.24. The van der Waals surface area contributed by atoms with Crippen molar-refractivity contribution >= 4 is 5.82 Å². The van der Waals surface area contributed by atoms with Crippen molar-refractivity contribution in [2.45, 2.75) is 13.5 Å². The third kappa shape index (κ3) is 2.57. The van der Waals surface area contributed by atoms with Gasteiger partial charge in [0.15, 0.2) is 5.82 Å². The lowest BCUT2D eigenvalue weighted by Crippen LogP contribution is -2.02. The fourth-order valence-electron chi connectivity index (χ4n) is 1.59. The summed E-state index contributed by atoms with van der Waals surface area (Å²) in [6.07, 6.45) is 3.49. The van der Waals surface area contributed by atoms with Crippen molar-refractivity contribution in [3.05, 3.63) is 35.8 Å². The van der Waals surface area contributed by atoms with Crippen LogP contribution in [-0.4, -0.2) is 22.1 Å². The second kappa shape index (κ2) is 4.88. The Labute approximate surface area is 99.7 Å². The number of pyridine rings is 1. The van der Waals surface area contributed by atoms with Crippen LogP contribution >= 0.6 is 0 Å². The van der Waals surface area contributed by atoms with Crippen LogP contribution in [0, 0.1) is 6.92 Å². The first-order valence-corrected chi connectivity index (χ1v) is 5.24. The quantitative estimate of drug-likeness (QED) is 0.866. The molecule has 0 aromatic carbocycles. The predicted molar refractivity (Wildman–Crippen MR) is 65.1 cm³/mol. The number of anilines is 1. The van der Waals surface area contributed by atoms with Gasteiger partial charge in [-0.3, -0.25) is 4.98 Å². The van der Waals surface area contributed by atoms with Gasteiger partial charge in [0.05, 0.1) is 12.3 Å². The Bertz CT molecular complexity index is 528. The number of aromatic nitrogens is 3. The molecule has 5 heteroatoms. The van der Waals surface area contributed by atoms with Crippen LogP contribution in [0.5, 0.6) is 0 Å². The summed E-state index contributed by atoms with van der Waals surface area (Å²) in [7, 11) is 1.62. The van der Waals surface area contributed by atoms with Crippen LogP contribution in [0.2, 0.25) is 0 Å². The van der Waals surface area contributed by atoms with Gasteiger partial charge in [0, 0.05) is 31.1 Å². The van der Waals surface area contributed by atoms with E-state index in [0.717, 1.165) is 16.8 Å². The molecule has 0 saturated carbocycles. The van der Waals surface area contributed by atoms with Gasteiger partial charge in [-0.05, 0) is 18.6 Å². The van der Waals surface area contributed by atoms with E-state index in [4.69, 9.17) is 10.5 Å². The topological polar surface area (TPSA) is 73.9 Å². The molecule has 17 heavy (non-hydrogen) atoms.